The Labute approximate surface area is 151 Å². The molecule has 0 aliphatic rings. The first-order valence-electron chi connectivity index (χ1n) is 7.84. The second-order valence-electron chi connectivity index (χ2n) is 5.67. The van der Waals surface area contributed by atoms with Crippen molar-refractivity contribution in [3.05, 3.63) is 106 Å². The van der Waals surface area contributed by atoms with E-state index in [9.17, 15) is 26.7 Å². The maximum absolute atomic E-state index is 13.9. The van der Waals surface area contributed by atoms with E-state index in [0.717, 1.165) is 0 Å². The van der Waals surface area contributed by atoms with Gasteiger partial charge in [-0.15, -0.1) is 0 Å². The summed E-state index contributed by atoms with van der Waals surface area (Å²) in [5, 5.41) is 2.35. The van der Waals surface area contributed by atoms with Crippen molar-refractivity contribution in [2.24, 2.45) is 0 Å². The van der Waals surface area contributed by atoms with Gasteiger partial charge in [-0.2, -0.15) is 0 Å². The molecule has 138 valence electrons. The highest BCUT2D eigenvalue weighted by molar-refractivity contribution is 5.95. The van der Waals surface area contributed by atoms with Crippen molar-refractivity contribution in [1.82, 2.24) is 5.32 Å². The number of benzene rings is 3. The average molecular weight is 377 g/mol. The van der Waals surface area contributed by atoms with E-state index >= 15 is 0 Å². The van der Waals surface area contributed by atoms with E-state index in [1.807, 2.05) is 0 Å². The van der Waals surface area contributed by atoms with Gasteiger partial charge in [0.25, 0.3) is 5.91 Å². The molecule has 3 aromatic carbocycles. The molecule has 0 heterocycles. The fourth-order valence-corrected chi connectivity index (χ4v) is 2.66. The number of amides is 1. The van der Waals surface area contributed by atoms with Crippen LogP contribution in [0.1, 0.15) is 27.5 Å². The standard InChI is InChI=1S/C20H12F5NO/c21-14-13(15(22)17(24)18(25)16(14)23)20(27)26-19(11-7-3-1-4-8-11)12-9-5-2-6-10-12/h1-10,19H,(H,26,27). The molecule has 0 aliphatic heterocycles. The van der Waals surface area contributed by atoms with Gasteiger partial charge in [-0.1, -0.05) is 60.7 Å². The maximum Gasteiger partial charge on any atom is 0.258 e. The van der Waals surface area contributed by atoms with Gasteiger partial charge in [0.05, 0.1) is 6.04 Å². The number of carbonyl (C=O) groups is 1. The number of carbonyl (C=O) groups excluding carboxylic acids is 1. The normalized spacial score (nSPS) is 10.9. The quantitative estimate of drug-likeness (QED) is 0.391. The van der Waals surface area contributed by atoms with E-state index in [0.29, 0.717) is 11.1 Å². The van der Waals surface area contributed by atoms with Gasteiger partial charge in [0.1, 0.15) is 5.56 Å². The number of hydrogen-bond donors (Lipinski definition) is 1. The Hall–Kier alpha value is -3.22. The average Bonchev–Trinajstić information content (AvgIpc) is 2.70. The van der Waals surface area contributed by atoms with Crippen LogP contribution in [0.25, 0.3) is 0 Å². The molecule has 0 aliphatic carbocycles. The Bertz CT molecular complexity index is 908. The molecule has 0 bridgehead atoms. The molecule has 2 nitrogen and oxygen atoms in total. The fraction of sp³-hybridized carbons (Fsp3) is 0.0500. The zero-order valence-corrected chi connectivity index (χ0v) is 13.6. The Morgan fingerprint density at radius 1 is 0.630 bits per heavy atom. The van der Waals surface area contributed by atoms with Crippen LogP contribution in [0.3, 0.4) is 0 Å². The lowest BCUT2D eigenvalue weighted by molar-refractivity contribution is 0.0931. The maximum atomic E-state index is 13.9. The highest BCUT2D eigenvalue weighted by Gasteiger charge is 2.31. The van der Waals surface area contributed by atoms with Crippen LogP contribution in [-0.2, 0) is 0 Å². The molecule has 1 amide bonds. The molecule has 3 aromatic rings. The fourth-order valence-electron chi connectivity index (χ4n) is 2.66. The highest BCUT2D eigenvalue weighted by atomic mass is 19.2. The molecule has 0 saturated heterocycles. The van der Waals surface area contributed by atoms with Gasteiger partial charge in [-0.25, -0.2) is 22.0 Å². The van der Waals surface area contributed by atoms with Crippen LogP contribution in [0, 0.1) is 29.1 Å². The van der Waals surface area contributed by atoms with Gasteiger partial charge in [-0.3, -0.25) is 4.79 Å². The molecule has 3 rings (SSSR count). The SMILES string of the molecule is O=C(NC(c1ccccc1)c1ccccc1)c1c(F)c(F)c(F)c(F)c1F. The molecule has 0 atom stereocenters. The van der Waals surface area contributed by atoms with Crippen molar-refractivity contribution in [3.8, 4) is 0 Å². The van der Waals surface area contributed by atoms with Gasteiger partial charge in [0.2, 0.25) is 5.82 Å². The first-order chi connectivity index (χ1) is 12.9. The minimum atomic E-state index is -2.32. The Balaban J connectivity index is 2.05. The summed E-state index contributed by atoms with van der Waals surface area (Å²) in [5.41, 5.74) is -0.384. The number of rotatable bonds is 4. The van der Waals surface area contributed by atoms with E-state index in [4.69, 9.17) is 0 Å². The van der Waals surface area contributed by atoms with Crippen molar-refractivity contribution in [1.29, 1.82) is 0 Å². The molecule has 0 unspecified atom stereocenters. The summed E-state index contributed by atoms with van der Waals surface area (Å²) in [6.07, 6.45) is 0. The van der Waals surface area contributed by atoms with Crippen molar-refractivity contribution >= 4 is 5.91 Å². The highest BCUT2D eigenvalue weighted by Crippen LogP contribution is 2.26. The first kappa shape index (κ1) is 18.6. The van der Waals surface area contributed by atoms with Gasteiger partial charge in [-0.05, 0) is 11.1 Å². The minimum Gasteiger partial charge on any atom is -0.341 e. The Morgan fingerprint density at radius 2 is 1.00 bits per heavy atom. The second-order valence-corrected chi connectivity index (χ2v) is 5.67. The van der Waals surface area contributed by atoms with Crippen molar-refractivity contribution < 1.29 is 26.7 Å². The van der Waals surface area contributed by atoms with Crippen LogP contribution in [0.15, 0.2) is 60.7 Å². The lowest BCUT2D eigenvalue weighted by Crippen LogP contribution is -2.31. The van der Waals surface area contributed by atoms with E-state index < -0.39 is 46.6 Å². The van der Waals surface area contributed by atoms with Crippen LogP contribution >= 0.6 is 0 Å². The zero-order valence-electron chi connectivity index (χ0n) is 13.6. The van der Waals surface area contributed by atoms with E-state index in [1.165, 1.54) is 0 Å². The molecule has 0 fully saturated rings. The van der Waals surface area contributed by atoms with Gasteiger partial charge in [0, 0.05) is 0 Å². The molecule has 0 saturated carbocycles. The molecule has 0 spiro atoms. The van der Waals surface area contributed by atoms with Gasteiger partial charge < -0.3 is 5.32 Å². The van der Waals surface area contributed by atoms with Crippen molar-refractivity contribution in [2.75, 3.05) is 0 Å². The monoisotopic (exact) mass is 377 g/mol. The summed E-state index contributed by atoms with van der Waals surface area (Å²) in [6, 6.07) is 16.0. The molecule has 0 aromatic heterocycles. The number of nitrogens with one attached hydrogen (secondary N) is 1. The summed E-state index contributed by atoms with van der Waals surface area (Å²) in [4.78, 5) is 12.4. The molecule has 27 heavy (non-hydrogen) atoms. The molecule has 0 radical (unpaired) electrons. The van der Waals surface area contributed by atoms with Crippen molar-refractivity contribution in [3.63, 3.8) is 0 Å². The van der Waals surface area contributed by atoms with Crippen LogP contribution < -0.4 is 5.32 Å². The predicted molar refractivity (Wildman–Crippen MR) is 88.4 cm³/mol. The van der Waals surface area contributed by atoms with Crippen molar-refractivity contribution in [2.45, 2.75) is 6.04 Å². The third-order valence-corrected chi connectivity index (χ3v) is 3.98. The topological polar surface area (TPSA) is 29.1 Å². The molecular weight excluding hydrogens is 365 g/mol. The van der Waals surface area contributed by atoms with Gasteiger partial charge in [0.15, 0.2) is 23.3 Å². The number of halogens is 5. The summed E-state index contributed by atoms with van der Waals surface area (Å²) in [6.45, 7) is 0. The van der Waals surface area contributed by atoms with E-state index in [1.54, 1.807) is 60.7 Å². The molecule has 1 N–H and O–H groups in total. The molecular formula is C20H12F5NO. The second kappa shape index (κ2) is 7.57. The lowest BCUT2D eigenvalue weighted by atomic mass is 9.98. The predicted octanol–water partition coefficient (Wildman–Crippen LogP) is 4.90. The van der Waals surface area contributed by atoms with E-state index in [-0.39, 0.29) is 0 Å². The van der Waals surface area contributed by atoms with E-state index in [2.05, 4.69) is 5.32 Å². The Morgan fingerprint density at radius 3 is 1.41 bits per heavy atom. The van der Waals surface area contributed by atoms with Crippen LogP contribution in [0.2, 0.25) is 0 Å². The largest absolute Gasteiger partial charge is 0.341 e. The summed E-state index contributed by atoms with van der Waals surface area (Å²) < 4.78 is 67.9. The first-order valence-corrected chi connectivity index (χ1v) is 7.84. The lowest BCUT2D eigenvalue weighted by Gasteiger charge is -2.20. The minimum absolute atomic E-state index is 0.570. The number of hydrogen-bond acceptors (Lipinski definition) is 1. The molecule has 7 heteroatoms. The smallest absolute Gasteiger partial charge is 0.258 e. The van der Waals surface area contributed by atoms with Crippen LogP contribution in [-0.4, -0.2) is 5.91 Å². The zero-order chi connectivity index (χ0) is 19.6. The third-order valence-electron chi connectivity index (χ3n) is 3.98. The summed E-state index contributed by atoms with van der Waals surface area (Å²) >= 11 is 0. The Kier molecular flexibility index (Phi) is 5.21. The van der Waals surface area contributed by atoms with Crippen LogP contribution in [0.4, 0.5) is 22.0 Å². The van der Waals surface area contributed by atoms with Crippen LogP contribution in [0.5, 0.6) is 0 Å². The summed E-state index contributed by atoms with van der Waals surface area (Å²) in [7, 11) is 0. The summed E-state index contributed by atoms with van der Waals surface area (Å²) in [5.74, 6) is -12.4. The third kappa shape index (κ3) is 3.53. The van der Waals surface area contributed by atoms with Gasteiger partial charge >= 0.3 is 0 Å².